The molecule has 2 aromatic heterocycles. The van der Waals surface area contributed by atoms with Crippen molar-refractivity contribution in [3.8, 4) is 0 Å². The fourth-order valence-electron chi connectivity index (χ4n) is 3.39. The molecule has 3 heterocycles. The van der Waals surface area contributed by atoms with Crippen molar-refractivity contribution in [3.05, 3.63) is 47.0 Å². The predicted molar refractivity (Wildman–Crippen MR) is 93.1 cm³/mol. The van der Waals surface area contributed by atoms with E-state index < -0.39 is 0 Å². The zero-order chi connectivity index (χ0) is 17.9. The summed E-state index contributed by atoms with van der Waals surface area (Å²) in [7, 11) is 0. The van der Waals surface area contributed by atoms with Crippen LogP contribution in [0, 0.1) is 5.92 Å². The number of hydrogen-bond donors (Lipinski definition) is 0. The van der Waals surface area contributed by atoms with Crippen LogP contribution in [-0.4, -0.2) is 53.9 Å². The summed E-state index contributed by atoms with van der Waals surface area (Å²) < 4.78 is 2.93. The van der Waals surface area contributed by atoms with Crippen molar-refractivity contribution < 1.29 is 4.79 Å². The fourth-order valence-corrected chi connectivity index (χ4v) is 3.39. The maximum absolute atomic E-state index is 12.7. The topological polar surface area (TPSA) is 98.8 Å². The minimum Gasteiger partial charge on any atom is -0.341 e. The molecule has 0 aliphatic carbocycles. The van der Waals surface area contributed by atoms with Gasteiger partial charge in [-0.15, -0.1) is 10.2 Å². The maximum Gasteiger partial charge on any atom is 0.278 e. The highest BCUT2D eigenvalue weighted by molar-refractivity contribution is 5.78. The number of carbonyl (C=O) groups is 1. The highest BCUT2D eigenvalue weighted by Crippen LogP contribution is 2.18. The van der Waals surface area contributed by atoms with Crippen molar-refractivity contribution in [3.63, 3.8) is 0 Å². The number of likely N-dealkylation sites (tertiary alicyclic amines) is 1. The zero-order valence-electron chi connectivity index (χ0n) is 14.2. The van der Waals surface area contributed by atoms with Gasteiger partial charge in [0.05, 0.1) is 11.6 Å². The van der Waals surface area contributed by atoms with Gasteiger partial charge in [0.15, 0.2) is 0 Å². The number of fused-ring (bicyclic) bond motifs is 1. The van der Waals surface area contributed by atoms with Crippen LogP contribution in [0.15, 0.2) is 41.5 Å². The molecule has 0 N–H and O–H groups in total. The van der Waals surface area contributed by atoms with Crippen molar-refractivity contribution in [1.29, 1.82) is 0 Å². The molecule has 1 aliphatic heterocycles. The number of amides is 1. The van der Waals surface area contributed by atoms with Crippen LogP contribution in [0.25, 0.3) is 10.9 Å². The summed E-state index contributed by atoms with van der Waals surface area (Å²) in [6.07, 6.45) is 5.45. The van der Waals surface area contributed by atoms with E-state index in [1.807, 2.05) is 6.20 Å². The first-order valence-corrected chi connectivity index (χ1v) is 8.65. The molecule has 1 saturated heterocycles. The molecule has 1 amide bonds. The van der Waals surface area contributed by atoms with Gasteiger partial charge < -0.3 is 4.90 Å². The van der Waals surface area contributed by atoms with E-state index in [-0.39, 0.29) is 18.0 Å². The summed E-state index contributed by atoms with van der Waals surface area (Å²) in [6, 6.07) is 7.00. The Hall–Kier alpha value is -3.10. The summed E-state index contributed by atoms with van der Waals surface area (Å²) >= 11 is 0. The van der Waals surface area contributed by atoms with E-state index in [0.717, 1.165) is 24.1 Å². The Balaban J connectivity index is 1.46. The number of rotatable bonds is 4. The van der Waals surface area contributed by atoms with Gasteiger partial charge >= 0.3 is 0 Å². The van der Waals surface area contributed by atoms with E-state index in [0.29, 0.717) is 29.9 Å². The third-order valence-electron chi connectivity index (χ3n) is 4.70. The third-order valence-corrected chi connectivity index (χ3v) is 4.70. The molecule has 1 unspecified atom stereocenters. The van der Waals surface area contributed by atoms with Gasteiger partial charge in [-0.1, -0.05) is 22.6 Å². The first-order chi connectivity index (χ1) is 12.7. The highest BCUT2D eigenvalue weighted by Gasteiger charge is 2.25. The molecule has 9 heteroatoms. The Morgan fingerprint density at radius 1 is 1.23 bits per heavy atom. The molecule has 3 aromatic rings. The predicted octanol–water partition coefficient (Wildman–Crippen LogP) is 0.322. The molecule has 1 aromatic carbocycles. The van der Waals surface area contributed by atoms with Gasteiger partial charge in [0, 0.05) is 25.8 Å². The standard InChI is InChI=1S/C17H19N7O2/c25-16(12-24-17(26)14-5-1-2-6-15(14)19-21-24)22-8-3-4-13(10-22)11-23-9-7-18-20-23/h1-2,5-7,9,13H,3-4,8,10-12H2. The number of piperidine rings is 1. The lowest BCUT2D eigenvalue weighted by Gasteiger charge is -2.32. The summed E-state index contributed by atoms with van der Waals surface area (Å²) in [5.74, 6) is 0.216. The lowest BCUT2D eigenvalue weighted by molar-refractivity contribution is -0.134. The highest BCUT2D eigenvalue weighted by atomic mass is 16.2. The zero-order valence-corrected chi connectivity index (χ0v) is 14.2. The molecule has 1 fully saturated rings. The molecular weight excluding hydrogens is 334 g/mol. The largest absolute Gasteiger partial charge is 0.341 e. The van der Waals surface area contributed by atoms with Crippen LogP contribution in [-0.2, 0) is 17.9 Å². The van der Waals surface area contributed by atoms with Crippen molar-refractivity contribution in [2.24, 2.45) is 5.92 Å². The number of hydrogen-bond acceptors (Lipinski definition) is 6. The monoisotopic (exact) mass is 353 g/mol. The lowest BCUT2D eigenvalue weighted by Crippen LogP contribution is -2.44. The van der Waals surface area contributed by atoms with Gasteiger partial charge in [-0.05, 0) is 30.9 Å². The Bertz CT molecular complexity index is 967. The number of nitrogens with zero attached hydrogens (tertiary/aromatic N) is 7. The molecule has 0 spiro atoms. The van der Waals surface area contributed by atoms with Gasteiger partial charge in [-0.2, -0.15) is 0 Å². The summed E-state index contributed by atoms with van der Waals surface area (Å²) in [4.78, 5) is 27.0. The van der Waals surface area contributed by atoms with Gasteiger partial charge in [0.25, 0.3) is 5.56 Å². The minimum absolute atomic E-state index is 0.0906. The Labute approximate surface area is 149 Å². The molecule has 1 atom stereocenters. The van der Waals surface area contributed by atoms with Gasteiger partial charge in [-0.3, -0.25) is 14.3 Å². The smallest absolute Gasteiger partial charge is 0.278 e. The Kier molecular flexibility index (Phi) is 4.42. The normalized spacial score (nSPS) is 17.5. The SMILES string of the molecule is O=C(Cn1nnc2ccccc2c1=O)N1CCCC(Cn2ccnn2)C1. The van der Waals surface area contributed by atoms with E-state index in [2.05, 4.69) is 20.6 Å². The minimum atomic E-state index is -0.292. The van der Waals surface area contributed by atoms with Gasteiger partial charge in [0.2, 0.25) is 5.91 Å². The average Bonchev–Trinajstić information content (AvgIpc) is 3.17. The van der Waals surface area contributed by atoms with Crippen molar-refractivity contribution >= 4 is 16.8 Å². The quantitative estimate of drug-likeness (QED) is 0.670. The second-order valence-corrected chi connectivity index (χ2v) is 6.54. The second kappa shape index (κ2) is 7.03. The van der Waals surface area contributed by atoms with E-state index >= 15 is 0 Å². The summed E-state index contributed by atoms with van der Waals surface area (Å²) in [5.41, 5.74) is 0.243. The van der Waals surface area contributed by atoms with Crippen molar-refractivity contribution in [2.45, 2.75) is 25.9 Å². The fraction of sp³-hybridized carbons (Fsp3) is 0.412. The molecule has 134 valence electrons. The van der Waals surface area contributed by atoms with E-state index in [1.54, 1.807) is 40.0 Å². The number of aromatic nitrogens is 6. The number of benzene rings is 1. The van der Waals surface area contributed by atoms with Crippen molar-refractivity contribution in [2.75, 3.05) is 13.1 Å². The van der Waals surface area contributed by atoms with E-state index in [9.17, 15) is 9.59 Å². The van der Waals surface area contributed by atoms with Gasteiger partial charge in [0.1, 0.15) is 12.1 Å². The lowest BCUT2D eigenvalue weighted by atomic mass is 9.98. The molecule has 0 radical (unpaired) electrons. The Morgan fingerprint density at radius 2 is 2.12 bits per heavy atom. The molecule has 26 heavy (non-hydrogen) atoms. The van der Waals surface area contributed by atoms with Crippen LogP contribution in [0.5, 0.6) is 0 Å². The van der Waals surface area contributed by atoms with Crippen LogP contribution in [0.1, 0.15) is 12.8 Å². The molecule has 9 nitrogen and oxygen atoms in total. The first-order valence-electron chi connectivity index (χ1n) is 8.65. The summed E-state index contributed by atoms with van der Waals surface area (Å²) in [6.45, 7) is 1.99. The third kappa shape index (κ3) is 3.32. The first kappa shape index (κ1) is 16.4. The van der Waals surface area contributed by atoms with Crippen LogP contribution in [0.2, 0.25) is 0 Å². The second-order valence-electron chi connectivity index (χ2n) is 6.54. The molecule has 4 rings (SSSR count). The van der Waals surface area contributed by atoms with Crippen LogP contribution >= 0.6 is 0 Å². The Morgan fingerprint density at radius 3 is 2.96 bits per heavy atom. The van der Waals surface area contributed by atoms with Gasteiger partial charge in [-0.25, -0.2) is 4.68 Å². The van der Waals surface area contributed by atoms with Crippen LogP contribution in [0.3, 0.4) is 0 Å². The van der Waals surface area contributed by atoms with Crippen LogP contribution in [0.4, 0.5) is 0 Å². The molecule has 0 saturated carbocycles. The molecule has 0 bridgehead atoms. The maximum atomic E-state index is 12.7. The number of carbonyl (C=O) groups excluding carboxylic acids is 1. The molecule has 1 aliphatic rings. The van der Waals surface area contributed by atoms with E-state index in [4.69, 9.17) is 0 Å². The molecular formula is C17H19N7O2. The summed E-state index contributed by atoms with van der Waals surface area (Å²) in [5, 5.41) is 16.2. The average molecular weight is 353 g/mol. The van der Waals surface area contributed by atoms with Crippen LogP contribution < -0.4 is 5.56 Å². The van der Waals surface area contributed by atoms with Crippen molar-refractivity contribution in [1.82, 2.24) is 34.9 Å². The van der Waals surface area contributed by atoms with E-state index in [1.165, 1.54) is 0 Å².